The van der Waals surface area contributed by atoms with Gasteiger partial charge in [-0.1, -0.05) is 40.9 Å². The Hall–Kier alpha value is -1.86. The van der Waals surface area contributed by atoms with Crippen LogP contribution in [0.15, 0.2) is 40.2 Å². The highest BCUT2D eigenvalue weighted by Gasteiger charge is 2.24. The van der Waals surface area contributed by atoms with Crippen molar-refractivity contribution in [1.29, 1.82) is 0 Å². The highest BCUT2D eigenvalue weighted by atomic mass is 35.5. The smallest absolute Gasteiger partial charge is 0.264 e. The average Bonchev–Trinajstić information content (AvgIpc) is 2.94. The first-order valence-corrected chi connectivity index (χ1v) is 9.14. The van der Waals surface area contributed by atoms with Crippen molar-refractivity contribution in [1.82, 2.24) is 5.32 Å². The second-order valence-corrected chi connectivity index (χ2v) is 7.33. The summed E-state index contributed by atoms with van der Waals surface area (Å²) in [6.45, 7) is 0. The number of rotatable bonds is 3. The minimum atomic E-state index is -0.310. The van der Waals surface area contributed by atoms with Gasteiger partial charge in [-0.15, -0.1) is 0 Å². The minimum Gasteiger partial charge on any atom is -0.503 e. The van der Waals surface area contributed by atoms with E-state index in [1.807, 2.05) is 0 Å². The number of hydrogen-bond donors (Lipinski definition) is 2. The zero-order valence-electron chi connectivity index (χ0n) is 13.2. The summed E-state index contributed by atoms with van der Waals surface area (Å²) < 4.78 is 5.06. The maximum Gasteiger partial charge on any atom is 0.264 e. The summed E-state index contributed by atoms with van der Waals surface area (Å²) >= 11 is 19.2. The molecule has 2 aromatic carbocycles. The number of methoxy groups -OCH3 is 1. The minimum absolute atomic E-state index is 0.124. The van der Waals surface area contributed by atoms with E-state index in [1.165, 1.54) is 13.2 Å². The first kappa shape index (κ1) is 18.9. The number of carbonyl (C=O) groups is 1. The Balaban J connectivity index is 1.91. The zero-order valence-corrected chi connectivity index (χ0v) is 16.3. The first-order chi connectivity index (χ1) is 12.4. The number of halogens is 3. The van der Waals surface area contributed by atoms with Crippen molar-refractivity contribution >= 4 is 69.4 Å². The Morgan fingerprint density at radius 1 is 1.23 bits per heavy atom. The fourth-order valence-corrected chi connectivity index (χ4v) is 3.54. The molecule has 0 saturated carbocycles. The lowest BCUT2D eigenvalue weighted by molar-refractivity contribution is -0.115. The Bertz CT molecular complexity index is 961. The number of phenols is 1. The van der Waals surface area contributed by atoms with E-state index in [4.69, 9.17) is 39.5 Å². The number of aromatic hydroxyl groups is 1. The summed E-state index contributed by atoms with van der Waals surface area (Å²) in [6, 6.07) is 8.17. The summed E-state index contributed by atoms with van der Waals surface area (Å²) in [5.74, 6) is -0.250. The molecule has 1 aliphatic heterocycles. The van der Waals surface area contributed by atoms with Gasteiger partial charge in [0.15, 0.2) is 16.7 Å². The van der Waals surface area contributed by atoms with Crippen LogP contribution in [0, 0.1) is 0 Å². The van der Waals surface area contributed by atoms with Crippen LogP contribution in [0.2, 0.25) is 15.1 Å². The number of phenolic OH excluding ortho intramolecular Hbond substituents is 1. The van der Waals surface area contributed by atoms with Crippen molar-refractivity contribution in [2.45, 2.75) is 0 Å². The summed E-state index contributed by atoms with van der Waals surface area (Å²) in [7, 11) is 1.42. The molecule has 2 aromatic rings. The van der Waals surface area contributed by atoms with Crippen molar-refractivity contribution in [3.8, 4) is 11.5 Å². The SMILES string of the molecule is COc1cc(/C=C2\SC(=Nc3cccc(Cl)c3Cl)NC2=O)cc(Cl)c1O. The Labute approximate surface area is 168 Å². The topological polar surface area (TPSA) is 70.9 Å². The van der Waals surface area contributed by atoms with Crippen LogP contribution in [0.4, 0.5) is 5.69 Å². The Kier molecular flexibility index (Phi) is 5.67. The van der Waals surface area contributed by atoms with Crippen molar-refractivity contribution in [2.75, 3.05) is 7.11 Å². The normalized spacial score (nSPS) is 17.0. The summed E-state index contributed by atoms with van der Waals surface area (Å²) in [5.41, 5.74) is 1.06. The maximum absolute atomic E-state index is 12.2. The van der Waals surface area contributed by atoms with Crippen LogP contribution >= 0.6 is 46.6 Å². The average molecular weight is 430 g/mol. The molecule has 0 radical (unpaired) electrons. The number of hydrogen-bond acceptors (Lipinski definition) is 5. The standard InChI is InChI=1S/C17H11Cl3N2O3S/c1-25-12-6-8(5-10(19)15(12)23)7-13-16(24)22-17(26-13)21-11-4-2-3-9(18)14(11)20/h2-7,23H,1H3,(H,21,22,24)/b13-7-. The van der Waals surface area contributed by atoms with Crippen molar-refractivity contribution < 1.29 is 14.6 Å². The molecule has 1 fully saturated rings. The van der Waals surface area contributed by atoms with E-state index >= 15 is 0 Å². The number of nitrogens with zero attached hydrogens (tertiary/aromatic N) is 1. The molecule has 0 unspecified atom stereocenters. The van der Waals surface area contributed by atoms with Crippen LogP contribution < -0.4 is 10.1 Å². The van der Waals surface area contributed by atoms with Gasteiger partial charge in [0.1, 0.15) is 0 Å². The molecular weight excluding hydrogens is 419 g/mol. The molecule has 0 aliphatic carbocycles. The molecule has 0 atom stereocenters. The van der Waals surface area contributed by atoms with E-state index in [9.17, 15) is 9.90 Å². The summed E-state index contributed by atoms with van der Waals surface area (Å²) in [4.78, 5) is 16.9. The van der Waals surface area contributed by atoms with E-state index in [2.05, 4.69) is 10.3 Å². The van der Waals surface area contributed by atoms with Crippen molar-refractivity contribution in [2.24, 2.45) is 4.99 Å². The predicted octanol–water partition coefficient (Wildman–Crippen LogP) is 5.25. The number of nitrogens with one attached hydrogen (secondary N) is 1. The van der Waals surface area contributed by atoms with Gasteiger partial charge in [-0.3, -0.25) is 4.79 Å². The Morgan fingerprint density at radius 3 is 2.73 bits per heavy atom. The maximum atomic E-state index is 12.2. The molecule has 26 heavy (non-hydrogen) atoms. The van der Waals surface area contributed by atoms with Crippen LogP contribution in [0.1, 0.15) is 5.56 Å². The lowest BCUT2D eigenvalue weighted by Gasteiger charge is -2.06. The van der Waals surface area contributed by atoms with E-state index in [0.717, 1.165) is 11.8 Å². The number of amides is 1. The van der Waals surface area contributed by atoms with Gasteiger partial charge in [0.2, 0.25) is 0 Å². The van der Waals surface area contributed by atoms with E-state index in [1.54, 1.807) is 30.3 Å². The lowest BCUT2D eigenvalue weighted by atomic mass is 10.2. The second kappa shape index (κ2) is 7.80. The van der Waals surface area contributed by atoms with Gasteiger partial charge < -0.3 is 15.2 Å². The van der Waals surface area contributed by atoms with Gasteiger partial charge in [0.05, 0.1) is 32.8 Å². The molecule has 1 heterocycles. The molecule has 1 amide bonds. The molecule has 0 aromatic heterocycles. The van der Waals surface area contributed by atoms with Gasteiger partial charge in [-0.25, -0.2) is 4.99 Å². The number of carbonyl (C=O) groups excluding carboxylic acids is 1. The molecule has 2 N–H and O–H groups in total. The van der Waals surface area contributed by atoms with Crippen molar-refractivity contribution in [3.05, 3.63) is 55.9 Å². The quantitative estimate of drug-likeness (QED) is 0.654. The van der Waals surface area contributed by atoms with Crippen LogP contribution in [-0.4, -0.2) is 23.3 Å². The van der Waals surface area contributed by atoms with Gasteiger partial charge in [-0.2, -0.15) is 0 Å². The van der Waals surface area contributed by atoms with Crippen LogP contribution in [0.3, 0.4) is 0 Å². The van der Waals surface area contributed by atoms with E-state index in [-0.39, 0.29) is 22.4 Å². The van der Waals surface area contributed by atoms with E-state index < -0.39 is 0 Å². The molecule has 3 rings (SSSR count). The van der Waals surface area contributed by atoms with Gasteiger partial charge in [0, 0.05) is 0 Å². The largest absolute Gasteiger partial charge is 0.503 e. The fraction of sp³-hybridized carbons (Fsp3) is 0.0588. The summed E-state index contributed by atoms with van der Waals surface area (Å²) in [5, 5.41) is 13.6. The van der Waals surface area contributed by atoms with E-state index in [0.29, 0.717) is 31.4 Å². The first-order valence-electron chi connectivity index (χ1n) is 7.19. The molecule has 134 valence electrons. The van der Waals surface area contributed by atoms with Crippen molar-refractivity contribution in [3.63, 3.8) is 0 Å². The molecule has 1 aliphatic rings. The highest BCUT2D eigenvalue weighted by Crippen LogP contribution is 2.37. The monoisotopic (exact) mass is 428 g/mol. The number of amidine groups is 1. The van der Waals surface area contributed by atoms with Crippen LogP contribution in [0.5, 0.6) is 11.5 Å². The number of thioether (sulfide) groups is 1. The molecule has 1 saturated heterocycles. The fourth-order valence-electron chi connectivity index (χ4n) is 2.15. The third-order valence-corrected chi connectivity index (χ3v) is 5.38. The van der Waals surface area contributed by atoms with Crippen LogP contribution in [-0.2, 0) is 4.79 Å². The lowest BCUT2D eigenvalue weighted by Crippen LogP contribution is -2.19. The van der Waals surface area contributed by atoms with Gasteiger partial charge in [0.25, 0.3) is 5.91 Å². The van der Waals surface area contributed by atoms with Gasteiger partial charge >= 0.3 is 0 Å². The zero-order chi connectivity index (χ0) is 18.8. The summed E-state index contributed by atoms with van der Waals surface area (Å²) in [6.07, 6.45) is 1.62. The number of ether oxygens (including phenoxy) is 1. The molecule has 5 nitrogen and oxygen atoms in total. The number of benzene rings is 2. The second-order valence-electron chi connectivity index (χ2n) is 5.11. The highest BCUT2D eigenvalue weighted by molar-refractivity contribution is 8.18. The molecule has 0 spiro atoms. The van der Waals surface area contributed by atoms with Crippen LogP contribution in [0.25, 0.3) is 6.08 Å². The molecule has 0 bridgehead atoms. The third-order valence-electron chi connectivity index (χ3n) is 3.37. The molecular formula is C17H11Cl3N2O3S. The molecule has 9 heteroatoms. The Morgan fingerprint density at radius 2 is 2.00 bits per heavy atom. The predicted molar refractivity (Wildman–Crippen MR) is 107 cm³/mol. The van der Waals surface area contributed by atoms with Gasteiger partial charge in [-0.05, 0) is 47.7 Å². The third kappa shape index (κ3) is 3.94. The number of aliphatic imine (C=N–C) groups is 1.